The first-order valence-electron chi connectivity index (χ1n) is 21.5. The molecule has 2 N–H and O–H groups in total. The molecule has 17 heteroatoms. The van der Waals surface area contributed by atoms with Gasteiger partial charge in [-0.2, -0.15) is 0 Å². The molecule has 0 aliphatic carbocycles. The van der Waals surface area contributed by atoms with Gasteiger partial charge in [-0.3, -0.25) is 48.9 Å². The molecule has 4 saturated heterocycles. The maximum Gasteiger partial charge on any atom is 0.290 e. The van der Waals surface area contributed by atoms with Crippen LogP contribution in [-0.4, -0.2) is 139 Å². The van der Waals surface area contributed by atoms with Crippen molar-refractivity contribution in [1.82, 2.24) is 29.6 Å². The van der Waals surface area contributed by atoms with Crippen molar-refractivity contribution in [2.24, 2.45) is 13.0 Å². The molecule has 0 spiro atoms. The number of aromatic nitrogens is 2. The Labute approximate surface area is 364 Å². The number of amides is 4. The maximum atomic E-state index is 13.4. The van der Waals surface area contributed by atoms with Crippen LogP contribution in [0.25, 0.3) is 21.9 Å². The van der Waals surface area contributed by atoms with Gasteiger partial charge in [0.1, 0.15) is 17.5 Å². The topological polar surface area (TPSA) is 193 Å². The van der Waals surface area contributed by atoms with Gasteiger partial charge in [-0.15, -0.1) is 0 Å². The van der Waals surface area contributed by atoms with E-state index in [1.54, 1.807) is 44.2 Å². The van der Waals surface area contributed by atoms with Crippen LogP contribution in [0.4, 0.5) is 5.69 Å². The fourth-order valence-electron chi connectivity index (χ4n) is 9.43. The zero-order chi connectivity index (χ0) is 44.4. The van der Waals surface area contributed by atoms with Crippen LogP contribution in [0.5, 0.6) is 11.5 Å². The van der Waals surface area contributed by atoms with Crippen molar-refractivity contribution >= 4 is 46.6 Å². The SMILES string of the molecule is COc1cc(-c2cn(C)c(=O)c3cnc(C4COC4)cc23)cc(OC)c1CN1CCN(CCC2CCN(c3ccc4c(c3)C(=O)N(C3CCC(=O)NC3=O)C4=O)CC2)CC1.O=CO. The molecule has 4 amide bonds. The summed E-state index contributed by atoms with van der Waals surface area (Å²) < 4.78 is 19.0. The first-order valence-corrected chi connectivity index (χ1v) is 21.5. The van der Waals surface area contributed by atoms with E-state index in [2.05, 4.69) is 25.0 Å². The van der Waals surface area contributed by atoms with E-state index in [9.17, 15) is 24.0 Å². The molecule has 5 aliphatic heterocycles. The molecule has 4 fully saturated rings. The first kappa shape index (κ1) is 43.5. The highest BCUT2D eigenvalue weighted by molar-refractivity contribution is 6.23. The molecule has 7 heterocycles. The lowest BCUT2D eigenvalue weighted by molar-refractivity contribution is -0.136. The minimum absolute atomic E-state index is 0.0903. The summed E-state index contributed by atoms with van der Waals surface area (Å²) in [6.45, 7) is 8.31. The van der Waals surface area contributed by atoms with Crippen molar-refractivity contribution in [2.75, 3.05) is 78.1 Å². The number of carbonyl (C=O) groups is 5. The van der Waals surface area contributed by atoms with E-state index in [0.29, 0.717) is 42.2 Å². The Kier molecular flexibility index (Phi) is 12.9. The van der Waals surface area contributed by atoms with E-state index in [1.807, 2.05) is 30.5 Å². The monoisotopic (exact) mass is 863 g/mol. The number of ether oxygens (including phenoxy) is 3. The molecule has 0 saturated carbocycles. The summed E-state index contributed by atoms with van der Waals surface area (Å²) in [5.74, 6) is 0.379. The fourth-order valence-corrected chi connectivity index (χ4v) is 9.43. The number of carboxylic acid groups (broad SMARTS) is 1. The smallest absolute Gasteiger partial charge is 0.290 e. The highest BCUT2D eigenvalue weighted by Crippen LogP contribution is 2.39. The molecule has 2 aromatic carbocycles. The minimum atomic E-state index is -0.968. The number of hydrogen-bond donors (Lipinski definition) is 2. The van der Waals surface area contributed by atoms with Crippen molar-refractivity contribution in [3.63, 3.8) is 0 Å². The minimum Gasteiger partial charge on any atom is -0.496 e. The molecule has 2 aromatic heterocycles. The molecular formula is C46H53N7O10. The normalized spacial score (nSPS) is 20.0. The number of piperazine rings is 1. The average Bonchev–Trinajstić information content (AvgIpc) is 3.52. The predicted octanol–water partition coefficient (Wildman–Crippen LogP) is 3.26. The average molecular weight is 864 g/mol. The second kappa shape index (κ2) is 18.7. The Morgan fingerprint density at radius 2 is 1.51 bits per heavy atom. The Bertz CT molecular complexity index is 2460. The third-order valence-corrected chi connectivity index (χ3v) is 13.2. The van der Waals surface area contributed by atoms with Gasteiger partial charge in [-0.05, 0) is 85.5 Å². The summed E-state index contributed by atoms with van der Waals surface area (Å²) in [5, 5.41) is 10.6. The molecule has 0 radical (unpaired) electrons. The van der Waals surface area contributed by atoms with E-state index < -0.39 is 23.8 Å². The van der Waals surface area contributed by atoms with Crippen LogP contribution in [-0.2, 0) is 32.7 Å². The number of anilines is 1. The van der Waals surface area contributed by atoms with Crippen molar-refractivity contribution in [1.29, 1.82) is 0 Å². The van der Waals surface area contributed by atoms with Gasteiger partial charge in [0, 0.05) is 94.5 Å². The summed E-state index contributed by atoms with van der Waals surface area (Å²) in [6.07, 6.45) is 7.02. The maximum absolute atomic E-state index is 13.4. The van der Waals surface area contributed by atoms with Crippen LogP contribution in [0.15, 0.2) is 53.6 Å². The van der Waals surface area contributed by atoms with Gasteiger partial charge in [-0.25, -0.2) is 0 Å². The van der Waals surface area contributed by atoms with E-state index in [0.717, 1.165) is 115 Å². The molecule has 17 nitrogen and oxygen atoms in total. The number of carbonyl (C=O) groups excluding carboxylic acids is 4. The van der Waals surface area contributed by atoms with Crippen molar-refractivity contribution < 1.29 is 43.3 Å². The highest BCUT2D eigenvalue weighted by atomic mass is 16.5. The Morgan fingerprint density at radius 1 is 0.841 bits per heavy atom. The van der Waals surface area contributed by atoms with Crippen LogP contribution in [0.3, 0.4) is 0 Å². The number of piperidine rings is 2. The molecular weight excluding hydrogens is 811 g/mol. The lowest BCUT2D eigenvalue weighted by atomic mass is 9.92. The lowest BCUT2D eigenvalue weighted by Gasteiger charge is -2.37. The Balaban J connectivity index is 0.00000177. The molecule has 1 atom stereocenters. The number of nitrogens with zero attached hydrogens (tertiary/aromatic N) is 6. The van der Waals surface area contributed by atoms with E-state index in [4.69, 9.17) is 24.1 Å². The fraction of sp³-hybridized carbons (Fsp3) is 0.457. The predicted molar refractivity (Wildman–Crippen MR) is 232 cm³/mol. The van der Waals surface area contributed by atoms with E-state index in [1.165, 1.54) is 0 Å². The Morgan fingerprint density at radius 3 is 2.14 bits per heavy atom. The van der Waals surface area contributed by atoms with Gasteiger partial charge < -0.3 is 33.7 Å². The van der Waals surface area contributed by atoms with Crippen molar-refractivity contribution in [3.8, 4) is 22.6 Å². The lowest BCUT2D eigenvalue weighted by Crippen LogP contribution is -2.54. The van der Waals surface area contributed by atoms with Gasteiger partial charge in [-0.1, -0.05) is 0 Å². The number of nitrogens with one attached hydrogen (secondary N) is 1. The van der Waals surface area contributed by atoms with Crippen LogP contribution in [0, 0.1) is 5.92 Å². The number of benzene rings is 2. The molecule has 9 rings (SSSR count). The Hall–Kier alpha value is -6.17. The molecule has 5 aliphatic rings. The van der Waals surface area contributed by atoms with Crippen LogP contribution in [0.1, 0.15) is 70.0 Å². The third-order valence-electron chi connectivity index (χ3n) is 13.2. The summed E-state index contributed by atoms with van der Waals surface area (Å²) >= 11 is 0. The van der Waals surface area contributed by atoms with Gasteiger partial charge in [0.25, 0.3) is 23.8 Å². The summed E-state index contributed by atoms with van der Waals surface area (Å²) in [6, 6.07) is 10.5. The van der Waals surface area contributed by atoms with E-state index in [-0.39, 0.29) is 36.7 Å². The van der Waals surface area contributed by atoms with Gasteiger partial charge in [0.05, 0.1) is 49.5 Å². The second-order valence-electron chi connectivity index (χ2n) is 16.8. The molecule has 332 valence electrons. The standard InChI is InChI=1S/C45H51N7O8.CH2O2/c1-48-23-35(32-21-37(29-25-60-26-29)46-22-34(32)43(48)55)28-18-39(58-2)36(40(19-28)59-3)24-50-16-14-49(15-17-50)11-8-27-9-12-51(13-10-27)30-4-5-31-33(20-30)45(57)52(44(31)56)38-6-7-41(53)47-42(38)54;2-1-3/h4-5,18-23,27,29,38H,6-17,24-26H2,1-3H3,(H,47,53,54);1H,(H,2,3). The summed E-state index contributed by atoms with van der Waals surface area (Å²) in [5.41, 5.74) is 5.18. The first-order chi connectivity index (χ1) is 30.5. The van der Waals surface area contributed by atoms with Crippen LogP contribution >= 0.6 is 0 Å². The van der Waals surface area contributed by atoms with Crippen LogP contribution in [0.2, 0.25) is 0 Å². The number of methoxy groups -OCH3 is 2. The highest BCUT2D eigenvalue weighted by Gasteiger charge is 2.45. The van der Waals surface area contributed by atoms with Gasteiger partial charge in [0.15, 0.2) is 0 Å². The number of hydrogen-bond acceptors (Lipinski definition) is 13. The number of imide groups is 2. The number of fused-ring (bicyclic) bond motifs is 2. The largest absolute Gasteiger partial charge is 0.496 e. The zero-order valence-electron chi connectivity index (χ0n) is 35.8. The third kappa shape index (κ3) is 8.77. The van der Waals surface area contributed by atoms with E-state index >= 15 is 0 Å². The van der Waals surface area contributed by atoms with Crippen LogP contribution < -0.4 is 25.2 Å². The molecule has 4 aromatic rings. The second-order valence-corrected chi connectivity index (χ2v) is 16.8. The number of pyridine rings is 2. The number of rotatable bonds is 11. The van der Waals surface area contributed by atoms with Crippen molar-refractivity contribution in [3.05, 3.63) is 81.5 Å². The molecule has 63 heavy (non-hydrogen) atoms. The summed E-state index contributed by atoms with van der Waals surface area (Å²) in [4.78, 5) is 85.0. The quantitative estimate of drug-likeness (QED) is 0.165. The number of aryl methyl sites for hydroxylation is 1. The zero-order valence-corrected chi connectivity index (χ0v) is 35.8. The molecule has 0 bridgehead atoms. The van der Waals surface area contributed by atoms with Crippen molar-refractivity contribution in [2.45, 2.75) is 50.6 Å². The summed E-state index contributed by atoms with van der Waals surface area (Å²) in [7, 11) is 5.14. The molecule has 1 unspecified atom stereocenters. The van der Waals surface area contributed by atoms with Gasteiger partial charge >= 0.3 is 0 Å². The van der Waals surface area contributed by atoms with Gasteiger partial charge in [0.2, 0.25) is 11.8 Å².